The van der Waals surface area contributed by atoms with Gasteiger partial charge in [0.15, 0.2) is 0 Å². The Morgan fingerprint density at radius 2 is 1.89 bits per heavy atom. The highest BCUT2D eigenvalue weighted by molar-refractivity contribution is 5.84. The number of rotatable bonds is 3. The van der Waals surface area contributed by atoms with E-state index in [2.05, 4.69) is 4.98 Å². The molecule has 0 aliphatic carbocycles. The standard InChI is InChI=1S/C13H15F3N2/c1-9-11(7-18(2)8-13(14,15)16)10-5-3-4-6-12(10)17-9/h3-6,17H,7-8H2,1-2H3. The van der Waals surface area contributed by atoms with Crippen molar-refractivity contribution >= 4 is 10.9 Å². The molecule has 0 bridgehead atoms. The molecule has 18 heavy (non-hydrogen) atoms. The highest BCUT2D eigenvalue weighted by Gasteiger charge is 2.29. The first kappa shape index (κ1) is 13.0. The number of aromatic nitrogens is 1. The number of nitrogens with one attached hydrogen (secondary N) is 1. The number of hydrogen-bond donors (Lipinski definition) is 1. The Labute approximate surface area is 103 Å². The van der Waals surface area contributed by atoms with Gasteiger partial charge in [-0.3, -0.25) is 4.90 Å². The Bertz CT molecular complexity index is 543. The third-order valence-corrected chi connectivity index (χ3v) is 2.90. The second kappa shape index (κ2) is 4.65. The smallest absolute Gasteiger partial charge is 0.358 e. The van der Waals surface area contributed by atoms with Gasteiger partial charge in [-0.2, -0.15) is 13.2 Å². The molecule has 0 aliphatic rings. The van der Waals surface area contributed by atoms with Gasteiger partial charge < -0.3 is 4.98 Å². The molecule has 1 heterocycles. The van der Waals surface area contributed by atoms with Crippen LogP contribution >= 0.6 is 0 Å². The quantitative estimate of drug-likeness (QED) is 0.891. The van der Waals surface area contributed by atoms with Crippen molar-refractivity contribution in [2.24, 2.45) is 0 Å². The van der Waals surface area contributed by atoms with Gasteiger partial charge >= 0.3 is 6.18 Å². The third kappa shape index (κ3) is 2.85. The topological polar surface area (TPSA) is 19.0 Å². The molecule has 1 aromatic heterocycles. The van der Waals surface area contributed by atoms with Crippen LogP contribution in [-0.4, -0.2) is 29.7 Å². The fraction of sp³-hybridized carbons (Fsp3) is 0.385. The summed E-state index contributed by atoms with van der Waals surface area (Å²) in [5.41, 5.74) is 2.81. The number of aryl methyl sites for hydroxylation is 1. The van der Waals surface area contributed by atoms with Gasteiger partial charge in [-0.25, -0.2) is 0 Å². The fourth-order valence-corrected chi connectivity index (χ4v) is 2.17. The zero-order valence-corrected chi connectivity index (χ0v) is 10.3. The molecule has 5 heteroatoms. The molecule has 0 saturated carbocycles. The van der Waals surface area contributed by atoms with Crippen molar-refractivity contribution in [1.29, 1.82) is 0 Å². The molecule has 0 fully saturated rings. The van der Waals surface area contributed by atoms with Crippen LogP contribution in [0.4, 0.5) is 13.2 Å². The molecule has 2 aromatic rings. The number of para-hydroxylation sites is 1. The Balaban J connectivity index is 2.24. The van der Waals surface area contributed by atoms with E-state index in [1.54, 1.807) is 0 Å². The first-order valence-electron chi connectivity index (χ1n) is 5.68. The normalized spacial score (nSPS) is 12.6. The van der Waals surface area contributed by atoms with Gasteiger partial charge in [0.2, 0.25) is 0 Å². The summed E-state index contributed by atoms with van der Waals surface area (Å²) in [5.74, 6) is 0. The Morgan fingerprint density at radius 1 is 1.22 bits per heavy atom. The second-order valence-corrected chi connectivity index (χ2v) is 4.56. The van der Waals surface area contributed by atoms with E-state index in [4.69, 9.17) is 0 Å². The summed E-state index contributed by atoms with van der Waals surface area (Å²) in [4.78, 5) is 4.47. The van der Waals surface area contributed by atoms with E-state index in [1.807, 2.05) is 31.2 Å². The zero-order chi connectivity index (χ0) is 13.3. The first-order chi connectivity index (χ1) is 8.37. The molecule has 1 aromatic carbocycles. The lowest BCUT2D eigenvalue weighted by Crippen LogP contribution is -2.30. The van der Waals surface area contributed by atoms with Crippen LogP contribution in [0.2, 0.25) is 0 Å². The van der Waals surface area contributed by atoms with E-state index in [9.17, 15) is 13.2 Å². The first-order valence-corrected chi connectivity index (χ1v) is 5.68. The van der Waals surface area contributed by atoms with Crippen LogP contribution in [0.1, 0.15) is 11.3 Å². The highest BCUT2D eigenvalue weighted by atomic mass is 19.4. The number of benzene rings is 1. The summed E-state index contributed by atoms with van der Waals surface area (Å²) in [6.45, 7) is 1.28. The minimum absolute atomic E-state index is 0.287. The number of hydrogen-bond acceptors (Lipinski definition) is 1. The van der Waals surface area contributed by atoms with Crippen molar-refractivity contribution in [2.75, 3.05) is 13.6 Å². The van der Waals surface area contributed by atoms with Crippen LogP contribution < -0.4 is 0 Å². The SMILES string of the molecule is Cc1[nH]c2ccccc2c1CN(C)CC(F)(F)F. The minimum atomic E-state index is -4.16. The average molecular weight is 256 g/mol. The Kier molecular flexibility index (Phi) is 3.34. The second-order valence-electron chi connectivity index (χ2n) is 4.56. The van der Waals surface area contributed by atoms with Gasteiger partial charge in [0, 0.05) is 23.1 Å². The van der Waals surface area contributed by atoms with E-state index >= 15 is 0 Å². The summed E-state index contributed by atoms with van der Waals surface area (Å²) < 4.78 is 36.9. The minimum Gasteiger partial charge on any atom is -0.358 e. The zero-order valence-electron chi connectivity index (χ0n) is 10.3. The van der Waals surface area contributed by atoms with E-state index in [0.717, 1.165) is 22.2 Å². The van der Waals surface area contributed by atoms with Gasteiger partial charge in [-0.1, -0.05) is 18.2 Å². The Morgan fingerprint density at radius 3 is 2.56 bits per heavy atom. The summed E-state index contributed by atoms with van der Waals surface area (Å²) in [5, 5.41) is 0.990. The van der Waals surface area contributed by atoms with E-state index in [0.29, 0.717) is 0 Å². The lowest BCUT2D eigenvalue weighted by Gasteiger charge is -2.18. The third-order valence-electron chi connectivity index (χ3n) is 2.90. The molecule has 0 unspecified atom stereocenters. The monoisotopic (exact) mass is 256 g/mol. The molecule has 2 rings (SSSR count). The van der Waals surface area contributed by atoms with Crippen LogP contribution in [0.3, 0.4) is 0 Å². The summed E-state index contributed by atoms with van der Waals surface area (Å²) in [6.07, 6.45) is -4.16. The van der Waals surface area contributed by atoms with E-state index in [-0.39, 0.29) is 6.54 Å². The molecule has 0 saturated heterocycles. The number of fused-ring (bicyclic) bond motifs is 1. The summed E-state index contributed by atoms with van der Waals surface area (Å²) in [6, 6.07) is 7.65. The molecular formula is C13H15F3N2. The van der Waals surface area contributed by atoms with Gasteiger partial charge in [-0.15, -0.1) is 0 Å². The van der Waals surface area contributed by atoms with E-state index < -0.39 is 12.7 Å². The molecule has 0 atom stereocenters. The van der Waals surface area contributed by atoms with Crippen LogP contribution in [0.5, 0.6) is 0 Å². The number of H-pyrrole nitrogens is 1. The van der Waals surface area contributed by atoms with E-state index in [1.165, 1.54) is 11.9 Å². The Hall–Kier alpha value is -1.49. The van der Waals surface area contributed by atoms with Crippen LogP contribution in [-0.2, 0) is 6.54 Å². The predicted octanol–water partition coefficient (Wildman–Crippen LogP) is 3.47. The van der Waals surface area contributed by atoms with Crippen molar-refractivity contribution in [3.63, 3.8) is 0 Å². The van der Waals surface area contributed by atoms with Crippen LogP contribution in [0.15, 0.2) is 24.3 Å². The maximum Gasteiger partial charge on any atom is 0.401 e. The molecule has 98 valence electrons. The van der Waals surface area contributed by atoms with Crippen molar-refractivity contribution in [3.05, 3.63) is 35.5 Å². The number of nitrogens with zero attached hydrogens (tertiary/aromatic N) is 1. The van der Waals surface area contributed by atoms with Gasteiger partial charge in [0.05, 0.1) is 6.54 Å². The highest BCUT2D eigenvalue weighted by Crippen LogP contribution is 2.24. The summed E-state index contributed by atoms with van der Waals surface area (Å²) in [7, 11) is 1.48. The van der Waals surface area contributed by atoms with Gasteiger partial charge in [-0.05, 0) is 25.6 Å². The molecular weight excluding hydrogens is 241 g/mol. The van der Waals surface area contributed by atoms with Crippen molar-refractivity contribution in [3.8, 4) is 0 Å². The van der Waals surface area contributed by atoms with Crippen molar-refractivity contribution < 1.29 is 13.2 Å². The molecule has 2 nitrogen and oxygen atoms in total. The fourth-order valence-electron chi connectivity index (χ4n) is 2.17. The number of aromatic amines is 1. The van der Waals surface area contributed by atoms with Crippen molar-refractivity contribution in [1.82, 2.24) is 9.88 Å². The van der Waals surface area contributed by atoms with Crippen LogP contribution in [0.25, 0.3) is 10.9 Å². The molecule has 0 aliphatic heterocycles. The molecule has 0 radical (unpaired) electrons. The molecule has 0 spiro atoms. The molecule has 1 N–H and O–H groups in total. The maximum absolute atomic E-state index is 12.3. The van der Waals surface area contributed by atoms with Crippen molar-refractivity contribution in [2.45, 2.75) is 19.6 Å². The lowest BCUT2D eigenvalue weighted by atomic mass is 10.1. The van der Waals surface area contributed by atoms with Crippen LogP contribution in [0, 0.1) is 6.92 Å². The number of alkyl halides is 3. The van der Waals surface area contributed by atoms with Gasteiger partial charge in [0.25, 0.3) is 0 Å². The largest absolute Gasteiger partial charge is 0.401 e. The average Bonchev–Trinajstić information content (AvgIpc) is 2.53. The predicted molar refractivity (Wildman–Crippen MR) is 65.4 cm³/mol. The summed E-state index contributed by atoms with van der Waals surface area (Å²) >= 11 is 0. The maximum atomic E-state index is 12.3. The lowest BCUT2D eigenvalue weighted by molar-refractivity contribution is -0.144. The van der Waals surface area contributed by atoms with Gasteiger partial charge in [0.1, 0.15) is 0 Å². The number of halogens is 3. The molecule has 0 amide bonds.